The van der Waals surface area contributed by atoms with Crippen molar-refractivity contribution < 1.29 is 14.3 Å². The highest BCUT2D eigenvalue weighted by molar-refractivity contribution is 6.33. The van der Waals surface area contributed by atoms with Gasteiger partial charge in [-0.3, -0.25) is 4.79 Å². The molecule has 7 nitrogen and oxygen atoms in total. The fourth-order valence-electron chi connectivity index (χ4n) is 2.72. The number of aliphatic hydroxyl groups is 1. The number of benzene rings is 2. The van der Waals surface area contributed by atoms with Gasteiger partial charge < -0.3 is 10.4 Å². The molecule has 1 heterocycles. The zero-order chi connectivity index (χ0) is 20.3. The highest BCUT2D eigenvalue weighted by Crippen LogP contribution is 2.31. The summed E-state index contributed by atoms with van der Waals surface area (Å²) in [5, 5.41) is 23.8. The second kappa shape index (κ2) is 8.45. The van der Waals surface area contributed by atoms with Crippen LogP contribution in [0.15, 0.2) is 36.4 Å². The summed E-state index contributed by atoms with van der Waals surface area (Å²) in [7, 11) is 0. The predicted molar refractivity (Wildman–Crippen MR) is 103 cm³/mol. The van der Waals surface area contributed by atoms with E-state index in [0.29, 0.717) is 34.6 Å². The summed E-state index contributed by atoms with van der Waals surface area (Å²) in [5.74, 6) is -0.195. The third-order valence-electron chi connectivity index (χ3n) is 4.17. The second-order valence-electron chi connectivity index (χ2n) is 6.31. The van der Waals surface area contributed by atoms with Crippen LogP contribution in [-0.4, -0.2) is 43.9 Å². The standard InChI is InChI=1S/C19H19ClFN5O2/c1-3-18-23-24-25-26(18)15-7-12(16-5-4-14(21)9-17(16)20)6-13(8-15)19(28)22-11(2)10-27/h4-9,11,27H,3,10H2,1-2H3,(H,22,28). The maximum absolute atomic E-state index is 13.5. The minimum atomic E-state index is -0.451. The average molecular weight is 404 g/mol. The number of carbonyl (C=O) groups is 1. The number of halogens is 2. The normalized spacial score (nSPS) is 12.0. The number of tetrazole rings is 1. The van der Waals surface area contributed by atoms with Gasteiger partial charge >= 0.3 is 0 Å². The molecule has 146 valence electrons. The fraction of sp³-hybridized carbons (Fsp3) is 0.263. The monoisotopic (exact) mass is 403 g/mol. The lowest BCUT2D eigenvalue weighted by atomic mass is 10.0. The van der Waals surface area contributed by atoms with E-state index in [4.69, 9.17) is 11.6 Å². The number of aryl methyl sites for hydroxylation is 1. The van der Waals surface area contributed by atoms with E-state index < -0.39 is 11.9 Å². The van der Waals surface area contributed by atoms with E-state index in [1.165, 1.54) is 16.8 Å². The van der Waals surface area contributed by atoms with Crippen molar-refractivity contribution in [3.05, 3.63) is 58.6 Å². The van der Waals surface area contributed by atoms with Crippen LogP contribution in [-0.2, 0) is 6.42 Å². The summed E-state index contributed by atoms with van der Waals surface area (Å²) in [4.78, 5) is 12.6. The van der Waals surface area contributed by atoms with Gasteiger partial charge in [-0.2, -0.15) is 4.68 Å². The van der Waals surface area contributed by atoms with Gasteiger partial charge in [-0.05, 0) is 59.3 Å². The van der Waals surface area contributed by atoms with Crippen LogP contribution in [0.3, 0.4) is 0 Å². The first-order valence-corrected chi connectivity index (χ1v) is 9.10. The van der Waals surface area contributed by atoms with E-state index >= 15 is 0 Å². The van der Waals surface area contributed by atoms with Gasteiger partial charge in [0.15, 0.2) is 5.82 Å². The summed E-state index contributed by atoms with van der Waals surface area (Å²) in [6, 6.07) is 8.74. The van der Waals surface area contributed by atoms with Crippen molar-refractivity contribution in [2.24, 2.45) is 0 Å². The number of hydrogen-bond donors (Lipinski definition) is 2. The van der Waals surface area contributed by atoms with Crippen LogP contribution >= 0.6 is 11.6 Å². The van der Waals surface area contributed by atoms with Crippen molar-refractivity contribution in [2.75, 3.05) is 6.61 Å². The van der Waals surface area contributed by atoms with Crippen LogP contribution < -0.4 is 5.32 Å². The number of aromatic nitrogens is 4. The third kappa shape index (κ3) is 4.18. The maximum atomic E-state index is 13.5. The third-order valence-corrected chi connectivity index (χ3v) is 4.48. The minimum Gasteiger partial charge on any atom is -0.394 e. The Morgan fingerprint density at radius 3 is 2.79 bits per heavy atom. The topological polar surface area (TPSA) is 92.9 Å². The van der Waals surface area contributed by atoms with Gasteiger partial charge in [-0.25, -0.2) is 4.39 Å². The summed E-state index contributed by atoms with van der Waals surface area (Å²) < 4.78 is 15.0. The molecule has 0 aliphatic carbocycles. The zero-order valence-electron chi connectivity index (χ0n) is 15.4. The first-order valence-electron chi connectivity index (χ1n) is 8.72. The Kier molecular flexibility index (Phi) is 6.01. The number of carbonyl (C=O) groups excluding carboxylic acids is 1. The van der Waals surface area contributed by atoms with Gasteiger partial charge in [0.05, 0.1) is 17.3 Å². The molecule has 0 saturated heterocycles. The van der Waals surface area contributed by atoms with Gasteiger partial charge in [-0.1, -0.05) is 18.5 Å². The lowest BCUT2D eigenvalue weighted by molar-refractivity contribution is 0.0922. The van der Waals surface area contributed by atoms with E-state index in [2.05, 4.69) is 20.8 Å². The van der Waals surface area contributed by atoms with Crippen molar-refractivity contribution in [3.63, 3.8) is 0 Å². The van der Waals surface area contributed by atoms with E-state index in [9.17, 15) is 14.3 Å². The molecule has 0 radical (unpaired) electrons. The van der Waals surface area contributed by atoms with Crippen molar-refractivity contribution in [2.45, 2.75) is 26.3 Å². The number of rotatable bonds is 6. The Morgan fingerprint density at radius 1 is 1.32 bits per heavy atom. The highest BCUT2D eigenvalue weighted by Gasteiger charge is 2.16. The Balaban J connectivity index is 2.15. The molecule has 0 aliphatic rings. The van der Waals surface area contributed by atoms with Gasteiger partial charge in [0.2, 0.25) is 0 Å². The van der Waals surface area contributed by atoms with E-state index in [1.807, 2.05) is 6.92 Å². The van der Waals surface area contributed by atoms with E-state index in [-0.39, 0.29) is 17.5 Å². The largest absolute Gasteiger partial charge is 0.394 e. The molecule has 0 aliphatic heterocycles. The Hall–Kier alpha value is -2.84. The molecule has 1 amide bonds. The summed E-state index contributed by atoms with van der Waals surface area (Å²) in [6.07, 6.45) is 0.595. The van der Waals surface area contributed by atoms with Gasteiger partial charge in [0, 0.05) is 23.6 Å². The predicted octanol–water partition coefficient (Wildman–Crippen LogP) is 2.79. The summed E-state index contributed by atoms with van der Waals surface area (Å²) in [5.41, 5.74) is 2.09. The average Bonchev–Trinajstić information content (AvgIpc) is 3.16. The molecule has 1 atom stereocenters. The molecule has 2 N–H and O–H groups in total. The second-order valence-corrected chi connectivity index (χ2v) is 6.72. The van der Waals surface area contributed by atoms with Crippen LogP contribution in [0.5, 0.6) is 0 Å². The van der Waals surface area contributed by atoms with Gasteiger partial charge in [-0.15, -0.1) is 5.10 Å². The molecule has 9 heteroatoms. The lowest BCUT2D eigenvalue weighted by Gasteiger charge is -2.14. The Bertz CT molecular complexity index is 1010. The molecule has 1 unspecified atom stereocenters. The fourth-order valence-corrected chi connectivity index (χ4v) is 3.00. The van der Waals surface area contributed by atoms with Crippen LogP contribution in [0.1, 0.15) is 30.0 Å². The van der Waals surface area contributed by atoms with Crippen molar-refractivity contribution in [3.8, 4) is 16.8 Å². The quantitative estimate of drug-likeness (QED) is 0.660. The highest BCUT2D eigenvalue weighted by atomic mass is 35.5. The number of amides is 1. The molecule has 3 rings (SSSR count). The molecule has 0 fully saturated rings. The molecule has 0 saturated carbocycles. The Morgan fingerprint density at radius 2 is 2.11 bits per heavy atom. The van der Waals surface area contributed by atoms with Gasteiger partial charge in [0.1, 0.15) is 5.82 Å². The van der Waals surface area contributed by atoms with Crippen LogP contribution in [0, 0.1) is 5.82 Å². The number of nitrogens with zero attached hydrogens (tertiary/aromatic N) is 4. The lowest BCUT2D eigenvalue weighted by Crippen LogP contribution is -2.35. The minimum absolute atomic E-state index is 0.185. The van der Waals surface area contributed by atoms with Crippen LogP contribution in [0.25, 0.3) is 16.8 Å². The van der Waals surface area contributed by atoms with E-state index in [0.717, 1.165) is 0 Å². The Labute approximate surface area is 166 Å². The molecule has 28 heavy (non-hydrogen) atoms. The number of hydrogen-bond acceptors (Lipinski definition) is 5. The molecular formula is C19H19ClFN5O2. The molecule has 3 aromatic rings. The first kappa shape index (κ1) is 19.9. The maximum Gasteiger partial charge on any atom is 0.251 e. The van der Waals surface area contributed by atoms with Crippen molar-refractivity contribution in [1.29, 1.82) is 0 Å². The SMILES string of the molecule is CCc1nnnn1-c1cc(C(=O)NC(C)CO)cc(-c2ccc(F)cc2Cl)c1. The molecule has 0 bridgehead atoms. The van der Waals surface area contributed by atoms with E-state index in [1.54, 1.807) is 31.2 Å². The smallest absolute Gasteiger partial charge is 0.251 e. The van der Waals surface area contributed by atoms with Crippen molar-refractivity contribution >= 4 is 17.5 Å². The summed E-state index contributed by atoms with van der Waals surface area (Å²) in [6.45, 7) is 3.42. The van der Waals surface area contributed by atoms with Crippen molar-refractivity contribution in [1.82, 2.24) is 25.5 Å². The van der Waals surface area contributed by atoms with Crippen LogP contribution in [0.2, 0.25) is 5.02 Å². The number of aliphatic hydroxyl groups excluding tert-OH is 1. The molecule has 1 aromatic heterocycles. The molecule has 2 aromatic carbocycles. The van der Waals surface area contributed by atoms with Crippen LogP contribution in [0.4, 0.5) is 4.39 Å². The molecule has 0 spiro atoms. The summed E-state index contributed by atoms with van der Waals surface area (Å²) >= 11 is 6.22. The number of nitrogens with one attached hydrogen (secondary N) is 1. The molecular weight excluding hydrogens is 385 g/mol. The zero-order valence-corrected chi connectivity index (χ0v) is 16.1. The van der Waals surface area contributed by atoms with Gasteiger partial charge in [0.25, 0.3) is 5.91 Å². The first-order chi connectivity index (χ1) is 13.4.